The molecule has 1 aliphatic rings. The highest BCUT2D eigenvalue weighted by Crippen LogP contribution is 2.38. The van der Waals surface area contributed by atoms with Crippen LogP contribution in [0.4, 0.5) is 14.5 Å². The Morgan fingerprint density at radius 2 is 1.97 bits per heavy atom. The molecule has 0 saturated carbocycles. The van der Waals surface area contributed by atoms with Crippen molar-refractivity contribution in [2.45, 2.75) is 23.8 Å². The van der Waals surface area contributed by atoms with Crippen LogP contribution in [0.2, 0.25) is 0 Å². The van der Waals surface area contributed by atoms with Crippen LogP contribution in [0, 0.1) is 11.6 Å². The largest absolute Gasteiger partial charge is 0.364 e. The average molecular weight is 487 g/mol. The molecule has 5 rings (SSSR count). The van der Waals surface area contributed by atoms with Crippen molar-refractivity contribution in [3.63, 3.8) is 0 Å². The van der Waals surface area contributed by atoms with E-state index in [1.807, 2.05) is 9.62 Å². The van der Waals surface area contributed by atoms with E-state index in [0.717, 1.165) is 24.8 Å². The maximum Gasteiger partial charge on any atom is 0.268 e. The van der Waals surface area contributed by atoms with Crippen LogP contribution in [0.25, 0.3) is 5.52 Å². The van der Waals surface area contributed by atoms with E-state index in [9.17, 15) is 22.0 Å². The molecule has 0 bridgehead atoms. The molecule has 1 unspecified atom stereocenters. The number of carbonyl (C=O) groups excluding carboxylic acids is 1. The fourth-order valence-electron chi connectivity index (χ4n) is 4.27. The third-order valence-electron chi connectivity index (χ3n) is 5.87. The molecular formula is C22H20F2N6O3S. The summed E-state index contributed by atoms with van der Waals surface area (Å²) in [5, 5.41) is 7.95. The van der Waals surface area contributed by atoms with Crippen LogP contribution in [0.1, 0.15) is 34.8 Å². The van der Waals surface area contributed by atoms with E-state index in [4.69, 9.17) is 0 Å². The lowest BCUT2D eigenvalue weighted by molar-refractivity contribution is 0.0983. The molecule has 1 N–H and O–H groups in total. The van der Waals surface area contributed by atoms with Crippen LogP contribution in [0.15, 0.2) is 60.0 Å². The summed E-state index contributed by atoms with van der Waals surface area (Å²) in [6.07, 6.45) is 6.75. The first-order valence-corrected chi connectivity index (χ1v) is 12.0. The van der Waals surface area contributed by atoms with Gasteiger partial charge >= 0.3 is 0 Å². The summed E-state index contributed by atoms with van der Waals surface area (Å²) in [6, 6.07) is 6.49. The molecule has 176 valence electrons. The van der Waals surface area contributed by atoms with Crippen LogP contribution >= 0.6 is 0 Å². The Kier molecular flexibility index (Phi) is 5.31. The van der Waals surface area contributed by atoms with Gasteiger partial charge in [0.15, 0.2) is 0 Å². The van der Waals surface area contributed by atoms with Gasteiger partial charge in [-0.2, -0.15) is 10.2 Å². The molecular weight excluding hydrogens is 466 g/mol. The number of sulfonamides is 1. The highest BCUT2D eigenvalue weighted by molar-refractivity contribution is 7.90. The van der Waals surface area contributed by atoms with Crippen molar-refractivity contribution in [3.05, 3.63) is 77.9 Å². The van der Waals surface area contributed by atoms with Crippen LogP contribution in [-0.2, 0) is 17.1 Å². The molecule has 1 atom stereocenters. The fraction of sp³-hybridized carbons (Fsp3) is 0.227. The van der Waals surface area contributed by atoms with Gasteiger partial charge in [0, 0.05) is 37.2 Å². The molecule has 34 heavy (non-hydrogen) atoms. The number of nitrogens with zero attached hydrogens (tertiary/aromatic N) is 5. The number of anilines is 1. The van der Waals surface area contributed by atoms with E-state index >= 15 is 0 Å². The summed E-state index contributed by atoms with van der Waals surface area (Å²) in [5.41, 5.74) is 1.39. The number of amides is 1. The van der Waals surface area contributed by atoms with E-state index in [0.29, 0.717) is 24.2 Å². The second-order valence-electron chi connectivity index (χ2n) is 8.07. The topological polar surface area (TPSA) is 102 Å². The quantitative estimate of drug-likeness (QED) is 0.466. The van der Waals surface area contributed by atoms with Crippen molar-refractivity contribution < 1.29 is 22.0 Å². The Labute approximate surface area is 193 Å². The molecule has 1 aromatic carbocycles. The Balaban J connectivity index is 1.47. The lowest BCUT2D eigenvalue weighted by atomic mass is 10.0. The summed E-state index contributed by atoms with van der Waals surface area (Å²) >= 11 is 0. The van der Waals surface area contributed by atoms with Crippen LogP contribution in [0.5, 0.6) is 0 Å². The second kappa shape index (κ2) is 8.20. The van der Waals surface area contributed by atoms with Gasteiger partial charge in [-0.1, -0.05) is 0 Å². The van der Waals surface area contributed by atoms with Gasteiger partial charge in [-0.15, -0.1) is 0 Å². The number of pyridine rings is 1. The fourth-order valence-corrected chi connectivity index (χ4v) is 5.21. The molecule has 4 aromatic rings. The van der Waals surface area contributed by atoms with E-state index in [1.54, 1.807) is 25.4 Å². The Bertz CT molecular complexity index is 1510. The van der Waals surface area contributed by atoms with E-state index in [2.05, 4.69) is 10.2 Å². The standard InChI is InChI=1S/C22H20F2N6O3S/c1-28-13-16(11-25-28)34(32,33)27-22(31)18-12-26-30-8-6-15(10-21(18)30)29-7-2-3-20(29)17-9-14(23)4-5-19(17)24/h4-6,8-13,20H,2-3,7H2,1H3,(H,27,31). The predicted molar refractivity (Wildman–Crippen MR) is 119 cm³/mol. The number of halogens is 2. The van der Waals surface area contributed by atoms with E-state index in [1.165, 1.54) is 27.7 Å². The molecule has 9 nitrogen and oxygen atoms in total. The van der Waals surface area contributed by atoms with Gasteiger partial charge in [0.25, 0.3) is 15.9 Å². The van der Waals surface area contributed by atoms with Gasteiger partial charge in [-0.25, -0.2) is 26.4 Å². The summed E-state index contributed by atoms with van der Waals surface area (Å²) < 4.78 is 58.1. The summed E-state index contributed by atoms with van der Waals surface area (Å²) in [5.74, 6) is -1.84. The van der Waals surface area contributed by atoms with Crippen LogP contribution < -0.4 is 9.62 Å². The first kappa shape index (κ1) is 22.0. The number of rotatable bonds is 5. The second-order valence-corrected chi connectivity index (χ2v) is 9.76. The van der Waals surface area contributed by atoms with Crippen molar-refractivity contribution in [2.75, 3.05) is 11.4 Å². The highest BCUT2D eigenvalue weighted by atomic mass is 32.2. The van der Waals surface area contributed by atoms with Crippen molar-refractivity contribution >= 4 is 27.1 Å². The number of fused-ring (bicyclic) bond motifs is 1. The summed E-state index contributed by atoms with van der Waals surface area (Å²) in [4.78, 5) is 14.6. The minimum atomic E-state index is -4.12. The van der Waals surface area contributed by atoms with Gasteiger partial charge in [-0.05, 0) is 43.2 Å². The average Bonchev–Trinajstić information content (AvgIpc) is 3.53. The lowest BCUT2D eigenvalue weighted by Gasteiger charge is -2.27. The summed E-state index contributed by atoms with van der Waals surface area (Å²) in [7, 11) is -2.56. The van der Waals surface area contributed by atoms with Gasteiger partial charge in [0.1, 0.15) is 16.5 Å². The predicted octanol–water partition coefficient (Wildman–Crippen LogP) is 2.81. The maximum absolute atomic E-state index is 14.5. The number of nitrogens with one attached hydrogen (secondary N) is 1. The molecule has 1 fully saturated rings. The Hall–Kier alpha value is -3.80. The van der Waals surface area contributed by atoms with Crippen LogP contribution in [-0.4, -0.2) is 40.3 Å². The minimum absolute atomic E-state index is 0.0574. The molecule has 12 heteroatoms. The van der Waals surface area contributed by atoms with Crippen molar-refractivity contribution in [3.8, 4) is 0 Å². The molecule has 4 heterocycles. The van der Waals surface area contributed by atoms with Gasteiger partial charge in [-0.3, -0.25) is 9.48 Å². The number of aromatic nitrogens is 4. The maximum atomic E-state index is 14.5. The number of carbonyl (C=O) groups is 1. The Morgan fingerprint density at radius 3 is 2.74 bits per heavy atom. The van der Waals surface area contributed by atoms with Crippen LogP contribution in [0.3, 0.4) is 0 Å². The van der Waals surface area contributed by atoms with Crippen molar-refractivity contribution in [1.82, 2.24) is 24.1 Å². The van der Waals surface area contributed by atoms with Crippen molar-refractivity contribution in [2.24, 2.45) is 7.05 Å². The molecule has 0 spiro atoms. The number of benzene rings is 1. The van der Waals surface area contributed by atoms with E-state index < -0.39 is 27.6 Å². The van der Waals surface area contributed by atoms with E-state index in [-0.39, 0.29) is 22.1 Å². The minimum Gasteiger partial charge on any atom is -0.364 e. The molecule has 1 aliphatic heterocycles. The monoisotopic (exact) mass is 486 g/mol. The van der Waals surface area contributed by atoms with Gasteiger partial charge in [0.2, 0.25) is 0 Å². The molecule has 0 aliphatic carbocycles. The van der Waals surface area contributed by atoms with Gasteiger partial charge < -0.3 is 4.90 Å². The highest BCUT2D eigenvalue weighted by Gasteiger charge is 2.30. The third-order valence-corrected chi connectivity index (χ3v) is 7.16. The van der Waals surface area contributed by atoms with Gasteiger partial charge in [0.05, 0.1) is 29.5 Å². The zero-order chi connectivity index (χ0) is 24.0. The molecule has 3 aromatic heterocycles. The number of aryl methyl sites for hydroxylation is 1. The Morgan fingerprint density at radius 1 is 1.15 bits per heavy atom. The summed E-state index contributed by atoms with van der Waals surface area (Å²) in [6.45, 7) is 0.613. The SMILES string of the molecule is Cn1cc(S(=O)(=O)NC(=O)c2cnn3ccc(N4CCCC4c4cc(F)ccc4F)cc23)cn1. The smallest absolute Gasteiger partial charge is 0.268 e. The number of hydrogen-bond acceptors (Lipinski definition) is 6. The molecule has 0 radical (unpaired) electrons. The molecule has 1 amide bonds. The zero-order valence-corrected chi connectivity index (χ0v) is 18.8. The number of hydrogen-bond donors (Lipinski definition) is 1. The molecule has 1 saturated heterocycles. The first-order chi connectivity index (χ1) is 16.2. The normalized spacial score (nSPS) is 16.3. The van der Waals surface area contributed by atoms with Crippen molar-refractivity contribution in [1.29, 1.82) is 0 Å². The first-order valence-electron chi connectivity index (χ1n) is 10.5. The lowest BCUT2D eigenvalue weighted by Crippen LogP contribution is -2.30. The zero-order valence-electron chi connectivity index (χ0n) is 18.0. The third kappa shape index (κ3) is 3.89.